The fraction of sp³-hybridized carbons (Fsp3) is 0.305. The molecule has 12 aromatic rings. The second kappa shape index (κ2) is 48.1. The minimum absolute atomic E-state index is 0. The Morgan fingerprint density at radius 3 is 0.920 bits per heavy atom. The Morgan fingerprint density at radius 1 is 0.339 bits per heavy atom. The predicted octanol–water partition coefficient (Wildman–Crippen LogP) is 21.2. The summed E-state index contributed by atoms with van der Waals surface area (Å²) in [5.41, 5.74) is 22.1. The molecule has 0 bridgehead atoms. The van der Waals surface area contributed by atoms with E-state index in [0.717, 1.165) is 109 Å². The molecule has 6 unspecified atom stereocenters. The molecule has 0 saturated heterocycles. The minimum Gasteiger partial charge on any atom is -0.393 e. The van der Waals surface area contributed by atoms with Crippen molar-refractivity contribution >= 4 is 0 Å². The number of aliphatic hydroxyl groups excluding tert-OH is 6. The predicted molar refractivity (Wildman–Crippen MR) is 441 cm³/mol. The van der Waals surface area contributed by atoms with Crippen LogP contribution in [0.5, 0.6) is 0 Å². The van der Waals surface area contributed by atoms with Gasteiger partial charge in [-0.25, -0.2) is 8.78 Å². The van der Waals surface area contributed by atoms with Crippen molar-refractivity contribution in [2.45, 2.75) is 179 Å². The summed E-state index contributed by atoms with van der Waals surface area (Å²) in [5, 5.41) is 54.4. The second-order valence-corrected chi connectivity index (χ2v) is 29.4. The number of nitrogens with zero attached hydrogens (tertiary/aromatic N) is 6. The molecule has 12 nitrogen and oxygen atoms in total. The number of benzene rings is 9. The van der Waals surface area contributed by atoms with Crippen molar-refractivity contribution in [3.05, 3.63) is 288 Å². The maximum absolute atomic E-state index is 13.6. The van der Waals surface area contributed by atoms with Crippen LogP contribution in [-0.4, -0.2) is 97.2 Å². The average molecular weight is 2040 g/mol. The molecule has 9 aromatic carbocycles. The molecule has 0 spiro atoms. The maximum atomic E-state index is 13.6. The van der Waals surface area contributed by atoms with Crippen LogP contribution in [0.2, 0.25) is 0 Å². The SMILES string of the molecule is CC(C)CC(O)CC(C)O.CC(O)CC(O)C(C)(C)C.CCC(O)CC(O)CC.Cc1c[c-]c(-c2ncc(-c3cccc(F)c3)nc2-c2ccc(C)cc2)cc1.Cc1c[c-]c(-c2ncc(-c3cccc(F)c3)nc2-c2ccc(C)cc2)cc1.Cc1c[c-]c(-c2ncc(-c3ccccc3)nc2-c2ccc(C)cc2)cc1.[Ir].[Ir].[Ir]. The molecule has 12 rings (SSSR count). The van der Waals surface area contributed by atoms with Gasteiger partial charge in [-0.2, -0.15) is 0 Å². The third-order valence-corrected chi connectivity index (χ3v) is 17.7. The number of hydrogen-bond donors (Lipinski definition) is 6. The first kappa shape index (κ1) is 96.2. The van der Waals surface area contributed by atoms with Gasteiger partial charge in [0.05, 0.1) is 70.8 Å². The van der Waals surface area contributed by atoms with Gasteiger partial charge in [0.1, 0.15) is 11.6 Å². The van der Waals surface area contributed by atoms with Crippen LogP contribution in [0.15, 0.2) is 225 Å². The zero-order valence-electron chi connectivity index (χ0n) is 66.8. The van der Waals surface area contributed by atoms with Gasteiger partial charge in [-0.05, 0) is 125 Å². The number of aromatic nitrogens is 6. The normalized spacial score (nSPS) is 12.3. The second-order valence-electron chi connectivity index (χ2n) is 29.4. The Kier molecular flexibility index (Phi) is 41.3. The van der Waals surface area contributed by atoms with Gasteiger partial charge in [0.2, 0.25) is 0 Å². The molecule has 0 aliphatic carbocycles. The van der Waals surface area contributed by atoms with Gasteiger partial charge in [0.15, 0.2) is 0 Å². The van der Waals surface area contributed by atoms with Crippen LogP contribution in [0, 0.1) is 82.7 Å². The molecule has 0 aliphatic heterocycles. The van der Waals surface area contributed by atoms with Crippen molar-refractivity contribution in [2.75, 3.05) is 0 Å². The zero-order valence-corrected chi connectivity index (χ0v) is 74.0. The molecule has 3 heterocycles. The Bertz CT molecular complexity index is 4510. The summed E-state index contributed by atoms with van der Waals surface area (Å²) in [6.07, 6.45) is 6.78. The van der Waals surface area contributed by atoms with Crippen LogP contribution in [0.4, 0.5) is 8.78 Å². The van der Waals surface area contributed by atoms with E-state index in [9.17, 15) is 19.0 Å². The Hall–Kier alpha value is -8.21. The molecular weight excluding hydrogens is 1940 g/mol. The number of aryl methyl sites for hydroxylation is 6. The van der Waals surface area contributed by atoms with Crippen molar-refractivity contribution in [3.8, 4) is 101 Å². The van der Waals surface area contributed by atoms with Gasteiger partial charge in [-0.15, -0.1) is 106 Å². The van der Waals surface area contributed by atoms with Gasteiger partial charge >= 0.3 is 0 Å². The molecule has 6 N–H and O–H groups in total. The van der Waals surface area contributed by atoms with Crippen LogP contribution < -0.4 is 0 Å². The Labute approximate surface area is 704 Å². The largest absolute Gasteiger partial charge is 0.393 e. The van der Waals surface area contributed by atoms with E-state index in [1.54, 1.807) is 38.4 Å². The van der Waals surface area contributed by atoms with E-state index in [4.69, 9.17) is 40.4 Å². The smallest absolute Gasteiger partial charge is 0.123 e. The van der Waals surface area contributed by atoms with E-state index >= 15 is 0 Å². The van der Waals surface area contributed by atoms with Crippen molar-refractivity contribution in [1.29, 1.82) is 0 Å². The van der Waals surface area contributed by atoms with Crippen LogP contribution in [0.3, 0.4) is 0 Å². The summed E-state index contributed by atoms with van der Waals surface area (Å²) in [7, 11) is 0. The van der Waals surface area contributed by atoms with E-state index in [-0.39, 0.29) is 102 Å². The van der Waals surface area contributed by atoms with Crippen LogP contribution in [-0.2, 0) is 60.3 Å². The number of hydrogen-bond acceptors (Lipinski definition) is 12. The van der Waals surface area contributed by atoms with E-state index in [0.29, 0.717) is 47.7 Å². The Morgan fingerprint density at radius 2 is 0.652 bits per heavy atom. The first-order valence-corrected chi connectivity index (χ1v) is 37.4. The minimum atomic E-state index is -0.410. The molecule has 17 heteroatoms. The molecule has 0 saturated carbocycles. The van der Waals surface area contributed by atoms with Crippen LogP contribution in [0.25, 0.3) is 101 Å². The first-order chi connectivity index (χ1) is 52.0. The standard InChI is InChI=1S/2C24H18FN2.C24H19N2.2C8H18O2.C7H16O2.3Ir/c2*1-16-6-10-18(11-7-16)23-24(19-12-8-17(2)9-13-19)27-22(15-26-23)20-4-3-5-21(25)14-20;1-17-8-12-20(13-9-17)23-24(21-14-10-18(2)11-15-21)26-22(16-25-23)19-6-4-3-5-7-19;1-6(9)5-7(10)8(2,3)4;1-6(2)4-8(10)5-7(3)9;1-3-6(8)5-7(9)4-2;;;/h2*3-10,12-15H,1-2H3;3-12,14-16H,1-2H3;6-7,9-10H,5H2,1-4H3;6-10H,4-5H2,1-3H3;6-9H,3-5H2,1-2H3;;;/q3*-1;;;;;;. The molecule has 597 valence electrons. The molecule has 0 fully saturated rings. The van der Waals surface area contributed by atoms with Crippen molar-refractivity contribution in [3.63, 3.8) is 0 Å². The topological polar surface area (TPSA) is 199 Å². The van der Waals surface area contributed by atoms with Crippen molar-refractivity contribution < 1.29 is 99.7 Å². The molecule has 0 aliphatic rings. The molecule has 0 amide bonds. The molecule has 6 atom stereocenters. The van der Waals surface area contributed by atoms with Gasteiger partial charge in [-0.3, -0.25) is 15.0 Å². The fourth-order valence-electron chi connectivity index (χ4n) is 11.1. The monoisotopic (exact) mass is 2040 g/mol. The summed E-state index contributed by atoms with van der Waals surface area (Å²) >= 11 is 0. The van der Waals surface area contributed by atoms with E-state index in [1.807, 2.05) is 166 Å². The summed E-state index contributed by atoms with van der Waals surface area (Å²) in [6, 6.07) is 75.7. The van der Waals surface area contributed by atoms with Gasteiger partial charge in [0, 0.05) is 113 Å². The molecule has 112 heavy (non-hydrogen) atoms. The quantitative estimate of drug-likeness (QED) is 0.0420. The van der Waals surface area contributed by atoms with Crippen molar-refractivity contribution in [1.82, 2.24) is 29.9 Å². The van der Waals surface area contributed by atoms with Crippen LogP contribution in [0.1, 0.15) is 134 Å². The summed E-state index contributed by atoms with van der Waals surface area (Å²) in [5.74, 6) is -0.0713. The van der Waals surface area contributed by atoms with Gasteiger partial charge in [-0.1, -0.05) is 213 Å². The van der Waals surface area contributed by atoms with E-state index in [2.05, 4.69) is 129 Å². The fourth-order valence-corrected chi connectivity index (χ4v) is 11.1. The maximum Gasteiger partial charge on any atom is 0.123 e. The number of rotatable bonds is 19. The third-order valence-electron chi connectivity index (χ3n) is 17.7. The Balaban J connectivity index is 0.000000298. The first-order valence-electron chi connectivity index (χ1n) is 37.4. The average Bonchev–Trinajstić information content (AvgIpc) is 0.803. The van der Waals surface area contributed by atoms with Crippen molar-refractivity contribution in [2.24, 2.45) is 11.3 Å². The van der Waals surface area contributed by atoms with E-state index < -0.39 is 12.2 Å². The van der Waals surface area contributed by atoms with Gasteiger partial charge in [0.25, 0.3) is 0 Å². The van der Waals surface area contributed by atoms with Gasteiger partial charge < -0.3 is 45.6 Å². The number of halogens is 2. The third kappa shape index (κ3) is 31.6. The van der Waals surface area contributed by atoms with Crippen LogP contribution >= 0.6 is 0 Å². The zero-order chi connectivity index (χ0) is 79.3. The van der Waals surface area contributed by atoms with E-state index in [1.165, 1.54) is 46.5 Å². The summed E-state index contributed by atoms with van der Waals surface area (Å²) in [4.78, 5) is 28.7. The number of aliphatic hydroxyl groups is 6. The molecule has 3 aromatic heterocycles. The summed E-state index contributed by atoms with van der Waals surface area (Å²) < 4.78 is 27.3. The molecule has 3 radical (unpaired) electrons. The summed E-state index contributed by atoms with van der Waals surface area (Å²) in [6.45, 7) is 29.5. The molecular formula is C95H107F2Ir3N6O6-3.